The number of thioether (sulfide) groups is 1. The van der Waals surface area contributed by atoms with Gasteiger partial charge >= 0.3 is 0 Å². The largest absolute Gasteiger partial charge is 0.329 e. The van der Waals surface area contributed by atoms with Crippen LogP contribution in [-0.4, -0.2) is 28.5 Å². The van der Waals surface area contributed by atoms with Crippen LogP contribution in [0, 0.1) is 5.41 Å². The number of fused-ring (bicyclic) bond motifs is 2. The fourth-order valence-corrected chi connectivity index (χ4v) is 5.26. The number of nitrogens with zero attached hydrogens (tertiary/aromatic N) is 1. The van der Waals surface area contributed by atoms with E-state index in [2.05, 4.69) is 4.90 Å². The summed E-state index contributed by atoms with van der Waals surface area (Å²) in [6.45, 7) is 1.03. The molecule has 84 valence electrons. The number of piperidine rings is 1. The maximum atomic E-state index is 11.7. The SMILES string of the molecule is O=C1CS[C@@H]2N1CCCC21CCCCC1. The fourth-order valence-electron chi connectivity index (χ4n) is 3.68. The number of carbonyl (C=O) groups excluding carboxylic acids is 1. The highest BCUT2D eigenvalue weighted by atomic mass is 32.2. The summed E-state index contributed by atoms with van der Waals surface area (Å²) in [5.74, 6) is 1.14. The van der Waals surface area contributed by atoms with Gasteiger partial charge < -0.3 is 4.90 Å². The first-order valence-electron chi connectivity index (χ1n) is 6.23. The number of carbonyl (C=O) groups is 1. The van der Waals surface area contributed by atoms with Gasteiger partial charge in [-0.05, 0) is 25.7 Å². The lowest BCUT2D eigenvalue weighted by Gasteiger charge is -2.48. The molecule has 3 heteroatoms. The van der Waals surface area contributed by atoms with E-state index in [9.17, 15) is 4.79 Å². The topological polar surface area (TPSA) is 20.3 Å². The highest BCUT2D eigenvalue weighted by Crippen LogP contribution is 2.52. The summed E-state index contributed by atoms with van der Waals surface area (Å²) >= 11 is 1.92. The summed E-state index contributed by atoms with van der Waals surface area (Å²) in [5, 5.41) is 0.541. The molecule has 1 aliphatic carbocycles. The van der Waals surface area contributed by atoms with Crippen molar-refractivity contribution in [1.29, 1.82) is 0 Å². The van der Waals surface area contributed by atoms with E-state index in [0.717, 1.165) is 12.3 Å². The van der Waals surface area contributed by atoms with Crippen LogP contribution in [0.4, 0.5) is 0 Å². The molecule has 2 aliphatic heterocycles. The zero-order valence-corrected chi connectivity index (χ0v) is 10.0. The molecular formula is C12H19NOS. The second-order valence-electron chi connectivity index (χ2n) is 5.28. The Bertz CT molecular complexity index is 267. The molecule has 3 aliphatic rings. The van der Waals surface area contributed by atoms with Gasteiger partial charge in [0.1, 0.15) is 0 Å². The van der Waals surface area contributed by atoms with Crippen LogP contribution in [0.25, 0.3) is 0 Å². The molecule has 2 saturated heterocycles. The van der Waals surface area contributed by atoms with Crippen molar-refractivity contribution in [3.63, 3.8) is 0 Å². The van der Waals surface area contributed by atoms with Gasteiger partial charge in [-0.3, -0.25) is 4.79 Å². The van der Waals surface area contributed by atoms with Gasteiger partial charge in [0.25, 0.3) is 0 Å². The molecule has 15 heavy (non-hydrogen) atoms. The molecule has 0 aromatic rings. The molecule has 0 aromatic heterocycles. The first-order valence-corrected chi connectivity index (χ1v) is 7.28. The summed E-state index contributed by atoms with van der Waals surface area (Å²) in [5.41, 5.74) is 0.507. The number of amides is 1. The van der Waals surface area contributed by atoms with E-state index < -0.39 is 0 Å². The molecule has 1 amide bonds. The maximum Gasteiger partial charge on any atom is 0.233 e. The molecule has 0 radical (unpaired) electrons. The molecule has 1 spiro atoms. The number of hydrogen-bond acceptors (Lipinski definition) is 2. The summed E-state index contributed by atoms with van der Waals surface area (Å²) < 4.78 is 0. The molecule has 0 unspecified atom stereocenters. The van der Waals surface area contributed by atoms with Crippen molar-refractivity contribution < 1.29 is 4.79 Å². The van der Waals surface area contributed by atoms with Gasteiger partial charge in [0.05, 0.1) is 11.1 Å². The monoisotopic (exact) mass is 225 g/mol. The van der Waals surface area contributed by atoms with Gasteiger partial charge in [-0.15, -0.1) is 11.8 Å². The van der Waals surface area contributed by atoms with E-state index >= 15 is 0 Å². The first-order chi connectivity index (χ1) is 7.32. The van der Waals surface area contributed by atoms with E-state index in [0.29, 0.717) is 16.7 Å². The van der Waals surface area contributed by atoms with Crippen molar-refractivity contribution in [2.45, 2.75) is 50.3 Å². The molecule has 0 N–H and O–H groups in total. The van der Waals surface area contributed by atoms with Crippen LogP contribution in [0.5, 0.6) is 0 Å². The van der Waals surface area contributed by atoms with Crippen LogP contribution in [0.3, 0.4) is 0 Å². The molecular weight excluding hydrogens is 206 g/mol. The summed E-state index contributed by atoms with van der Waals surface area (Å²) in [4.78, 5) is 13.9. The highest BCUT2D eigenvalue weighted by molar-refractivity contribution is 8.01. The Morgan fingerprint density at radius 2 is 1.87 bits per heavy atom. The molecule has 3 fully saturated rings. The molecule has 1 saturated carbocycles. The van der Waals surface area contributed by atoms with Gasteiger partial charge in [-0.25, -0.2) is 0 Å². The summed E-state index contributed by atoms with van der Waals surface area (Å²) in [7, 11) is 0. The third-order valence-corrected chi connectivity index (χ3v) is 5.90. The minimum atomic E-state index is 0.398. The van der Waals surface area contributed by atoms with Crippen LogP contribution in [0.1, 0.15) is 44.9 Å². The second-order valence-corrected chi connectivity index (χ2v) is 6.35. The predicted molar refractivity (Wildman–Crippen MR) is 62.7 cm³/mol. The van der Waals surface area contributed by atoms with Crippen LogP contribution < -0.4 is 0 Å². The first kappa shape index (κ1) is 10.0. The van der Waals surface area contributed by atoms with Crippen molar-refractivity contribution in [2.75, 3.05) is 12.3 Å². The van der Waals surface area contributed by atoms with Gasteiger partial charge in [0.15, 0.2) is 0 Å². The lowest BCUT2D eigenvalue weighted by molar-refractivity contribution is -0.132. The van der Waals surface area contributed by atoms with E-state index in [1.807, 2.05) is 11.8 Å². The van der Waals surface area contributed by atoms with Gasteiger partial charge in [-0.1, -0.05) is 19.3 Å². The molecule has 0 bridgehead atoms. The molecule has 2 nitrogen and oxygen atoms in total. The van der Waals surface area contributed by atoms with Crippen LogP contribution in [0.2, 0.25) is 0 Å². The number of hydrogen-bond donors (Lipinski definition) is 0. The normalized spacial score (nSPS) is 34.5. The van der Waals surface area contributed by atoms with E-state index in [1.54, 1.807) is 0 Å². The molecule has 0 aromatic carbocycles. The highest BCUT2D eigenvalue weighted by Gasteiger charge is 2.49. The van der Waals surface area contributed by atoms with Gasteiger partial charge in [-0.2, -0.15) is 0 Å². The van der Waals surface area contributed by atoms with E-state index in [4.69, 9.17) is 0 Å². The summed E-state index contributed by atoms with van der Waals surface area (Å²) in [6, 6.07) is 0. The Hall–Kier alpha value is -0.180. The van der Waals surface area contributed by atoms with Gasteiger partial charge in [0, 0.05) is 12.0 Å². The van der Waals surface area contributed by atoms with E-state index in [-0.39, 0.29) is 0 Å². The molecule has 3 rings (SSSR count). The molecule has 2 heterocycles. The van der Waals surface area contributed by atoms with Crippen molar-refractivity contribution in [2.24, 2.45) is 5.41 Å². The Kier molecular flexibility index (Phi) is 2.46. The minimum Gasteiger partial charge on any atom is -0.329 e. The summed E-state index contributed by atoms with van der Waals surface area (Å²) in [6.07, 6.45) is 9.53. The lowest BCUT2D eigenvalue weighted by atomic mass is 9.69. The number of rotatable bonds is 0. The Labute approximate surface area is 95.8 Å². The van der Waals surface area contributed by atoms with Crippen LogP contribution in [0.15, 0.2) is 0 Å². The van der Waals surface area contributed by atoms with Crippen molar-refractivity contribution in [3.05, 3.63) is 0 Å². The second kappa shape index (κ2) is 3.69. The maximum absolute atomic E-state index is 11.7. The smallest absolute Gasteiger partial charge is 0.233 e. The fraction of sp³-hybridized carbons (Fsp3) is 0.917. The third kappa shape index (κ3) is 1.50. The van der Waals surface area contributed by atoms with Crippen molar-refractivity contribution in [1.82, 2.24) is 4.90 Å². The predicted octanol–water partition coefficient (Wildman–Crippen LogP) is 2.63. The quantitative estimate of drug-likeness (QED) is 0.631. The third-order valence-electron chi connectivity index (χ3n) is 4.41. The lowest BCUT2D eigenvalue weighted by Crippen LogP contribution is -2.50. The minimum absolute atomic E-state index is 0.398. The Morgan fingerprint density at radius 3 is 2.67 bits per heavy atom. The van der Waals surface area contributed by atoms with E-state index in [1.165, 1.54) is 44.9 Å². The zero-order valence-electron chi connectivity index (χ0n) is 9.21. The van der Waals surface area contributed by atoms with Gasteiger partial charge in [0.2, 0.25) is 5.91 Å². The standard InChI is InChI=1S/C12H19NOS/c14-10-9-15-11-12(5-2-1-3-6-12)7-4-8-13(10)11/h11H,1-9H2/t11-/m0/s1. The van der Waals surface area contributed by atoms with Crippen molar-refractivity contribution >= 4 is 17.7 Å². The zero-order chi connectivity index (χ0) is 10.3. The average molecular weight is 225 g/mol. The Balaban J connectivity index is 1.85. The molecule has 1 atom stereocenters. The van der Waals surface area contributed by atoms with Crippen LogP contribution in [-0.2, 0) is 4.79 Å². The van der Waals surface area contributed by atoms with Crippen LogP contribution >= 0.6 is 11.8 Å². The Morgan fingerprint density at radius 1 is 1.13 bits per heavy atom. The van der Waals surface area contributed by atoms with Crippen molar-refractivity contribution in [3.8, 4) is 0 Å². The average Bonchev–Trinajstić information content (AvgIpc) is 2.64.